The Balaban J connectivity index is 0.00000208. The highest BCUT2D eigenvalue weighted by molar-refractivity contribution is 6.31. The van der Waals surface area contributed by atoms with Gasteiger partial charge in [0.25, 0.3) is 0 Å². The van der Waals surface area contributed by atoms with Gasteiger partial charge in [0.2, 0.25) is 0 Å². The maximum Gasteiger partial charge on any atom is 0.179 e. The zero-order valence-corrected chi connectivity index (χ0v) is 15.5. The molecule has 1 aliphatic carbocycles. The monoisotopic (exact) mass is 370 g/mol. The van der Waals surface area contributed by atoms with Crippen LogP contribution in [0, 0.1) is 6.92 Å². The predicted molar refractivity (Wildman–Crippen MR) is 98.2 cm³/mol. The largest absolute Gasteiger partial charge is 0.385 e. The normalized spacial score (nSPS) is 22.0. The second-order valence-corrected chi connectivity index (χ2v) is 6.82. The summed E-state index contributed by atoms with van der Waals surface area (Å²) in [6.45, 7) is 3.66. The fraction of sp³-hybridized carbons (Fsp3) is 0.529. The summed E-state index contributed by atoms with van der Waals surface area (Å²) in [5.74, 6) is 1.67. The zero-order chi connectivity index (χ0) is 16.6. The number of halogens is 2. The second kappa shape index (κ2) is 7.83. The lowest BCUT2D eigenvalue weighted by Crippen LogP contribution is -2.26. The number of benzene rings is 1. The molecular weight excluding hydrogens is 347 g/mol. The van der Waals surface area contributed by atoms with E-state index in [0.29, 0.717) is 16.8 Å². The van der Waals surface area contributed by atoms with Gasteiger partial charge in [-0.1, -0.05) is 17.7 Å². The van der Waals surface area contributed by atoms with Crippen molar-refractivity contribution in [2.75, 3.05) is 0 Å². The molecule has 132 valence electrons. The van der Waals surface area contributed by atoms with Crippen molar-refractivity contribution in [2.24, 2.45) is 5.73 Å². The topological polar surface area (TPSA) is 77.0 Å². The summed E-state index contributed by atoms with van der Waals surface area (Å²) in [5.41, 5.74) is 7.90. The van der Waals surface area contributed by atoms with Gasteiger partial charge in [-0.3, -0.25) is 0 Å². The third kappa shape index (κ3) is 3.75. The van der Waals surface area contributed by atoms with Crippen LogP contribution in [0.3, 0.4) is 0 Å². The Morgan fingerprint density at radius 2 is 1.96 bits per heavy atom. The molecule has 1 aliphatic rings. The Hall–Kier alpha value is -1.14. The minimum absolute atomic E-state index is 0. The van der Waals surface area contributed by atoms with Crippen LogP contribution >= 0.6 is 24.0 Å². The molecule has 1 atom stereocenters. The van der Waals surface area contributed by atoms with Gasteiger partial charge in [0.1, 0.15) is 11.9 Å². The Kier molecular flexibility index (Phi) is 6.26. The third-order valence-electron chi connectivity index (χ3n) is 4.63. The van der Waals surface area contributed by atoms with Crippen LogP contribution in [0.5, 0.6) is 0 Å². The molecule has 0 spiro atoms. The Bertz CT molecular complexity index is 694. The van der Waals surface area contributed by atoms with E-state index in [1.165, 1.54) is 0 Å². The highest BCUT2D eigenvalue weighted by Crippen LogP contribution is 2.34. The number of nitrogens with zero attached hydrogens (tertiary/aromatic N) is 3. The van der Waals surface area contributed by atoms with E-state index in [9.17, 15) is 5.11 Å². The van der Waals surface area contributed by atoms with Crippen molar-refractivity contribution in [1.82, 2.24) is 14.8 Å². The minimum Gasteiger partial charge on any atom is -0.385 e. The fourth-order valence-corrected chi connectivity index (χ4v) is 3.33. The van der Waals surface area contributed by atoms with Crippen molar-refractivity contribution in [1.29, 1.82) is 0 Å². The third-order valence-corrected chi connectivity index (χ3v) is 5.04. The maximum absolute atomic E-state index is 9.89. The molecule has 24 heavy (non-hydrogen) atoms. The van der Waals surface area contributed by atoms with Crippen LogP contribution in [0.2, 0.25) is 5.02 Å². The molecule has 3 rings (SSSR count). The fourth-order valence-electron chi connectivity index (χ4n) is 3.16. The lowest BCUT2D eigenvalue weighted by atomic mass is 9.86. The number of nitrogens with two attached hydrogens (primary N) is 1. The molecule has 1 unspecified atom stereocenters. The van der Waals surface area contributed by atoms with Crippen molar-refractivity contribution in [3.8, 4) is 5.69 Å². The summed E-state index contributed by atoms with van der Waals surface area (Å²) in [7, 11) is 0. The maximum atomic E-state index is 9.89. The molecule has 3 N–H and O–H groups in total. The number of hydrogen-bond acceptors (Lipinski definition) is 4. The van der Waals surface area contributed by atoms with Crippen molar-refractivity contribution < 1.29 is 5.11 Å². The smallest absolute Gasteiger partial charge is 0.179 e. The van der Waals surface area contributed by atoms with Gasteiger partial charge < -0.3 is 10.8 Å². The first-order valence-electron chi connectivity index (χ1n) is 8.13. The van der Waals surface area contributed by atoms with Gasteiger partial charge in [-0.05, 0) is 57.2 Å². The molecular formula is C17H24Cl2N4O. The Labute approximate surface area is 153 Å². The second-order valence-electron chi connectivity index (χ2n) is 6.41. The van der Waals surface area contributed by atoms with Gasteiger partial charge in [-0.2, -0.15) is 0 Å². The molecule has 1 aromatic carbocycles. The molecule has 0 aliphatic heterocycles. The molecule has 1 aromatic heterocycles. The van der Waals surface area contributed by atoms with Crippen LogP contribution in [-0.4, -0.2) is 25.9 Å². The lowest BCUT2D eigenvalue weighted by molar-refractivity contribution is 0.189. The van der Waals surface area contributed by atoms with Gasteiger partial charge >= 0.3 is 0 Å². The zero-order valence-electron chi connectivity index (χ0n) is 13.9. The molecule has 0 saturated heterocycles. The van der Waals surface area contributed by atoms with Gasteiger partial charge in [0.05, 0.1) is 5.69 Å². The number of rotatable bonds is 3. The molecule has 1 saturated carbocycles. The van der Waals surface area contributed by atoms with E-state index >= 15 is 0 Å². The highest BCUT2D eigenvalue weighted by atomic mass is 35.5. The molecule has 5 nitrogen and oxygen atoms in total. The summed E-state index contributed by atoms with van der Waals surface area (Å²) < 4.78 is 1.85. The van der Waals surface area contributed by atoms with Crippen molar-refractivity contribution in [3.63, 3.8) is 0 Å². The SMILES string of the molecule is Cc1c(Cl)cccc1-n1nc(C(C)O)nc1C1CCC(N)CC1.Cl. The molecule has 0 radical (unpaired) electrons. The van der Waals surface area contributed by atoms with Crippen LogP contribution in [-0.2, 0) is 0 Å². The van der Waals surface area contributed by atoms with E-state index in [1.807, 2.05) is 29.8 Å². The molecule has 1 fully saturated rings. The van der Waals surface area contributed by atoms with Crippen LogP contribution in [0.4, 0.5) is 0 Å². The summed E-state index contributed by atoms with van der Waals surface area (Å²) in [6.07, 6.45) is 3.30. The average molecular weight is 371 g/mol. The van der Waals surface area contributed by atoms with Crippen LogP contribution in [0.1, 0.15) is 61.8 Å². The summed E-state index contributed by atoms with van der Waals surface area (Å²) in [5, 5.41) is 15.1. The van der Waals surface area contributed by atoms with Crippen LogP contribution in [0.25, 0.3) is 5.69 Å². The summed E-state index contributed by atoms with van der Waals surface area (Å²) in [4.78, 5) is 4.62. The minimum atomic E-state index is -0.694. The average Bonchev–Trinajstić information content (AvgIpc) is 2.96. The number of aliphatic hydroxyl groups is 1. The van der Waals surface area contributed by atoms with E-state index in [2.05, 4.69) is 10.1 Å². The number of aromatic nitrogens is 3. The number of aliphatic hydroxyl groups excluding tert-OH is 1. The molecule has 2 aromatic rings. The molecule has 7 heteroatoms. The summed E-state index contributed by atoms with van der Waals surface area (Å²) >= 11 is 6.26. The van der Waals surface area contributed by atoms with E-state index in [-0.39, 0.29) is 18.4 Å². The standard InChI is InChI=1S/C17H23ClN4O.ClH/c1-10-14(18)4-3-5-15(10)22-17(20-16(21-22)11(2)23)12-6-8-13(19)9-7-12;/h3-5,11-13,23H,6-9,19H2,1-2H3;1H. The van der Waals surface area contributed by atoms with E-state index in [1.54, 1.807) is 6.92 Å². The van der Waals surface area contributed by atoms with Gasteiger partial charge in [0.15, 0.2) is 5.82 Å². The first-order chi connectivity index (χ1) is 11.0. The number of hydrogen-bond donors (Lipinski definition) is 2. The molecule has 0 amide bonds. The Morgan fingerprint density at radius 3 is 2.58 bits per heavy atom. The van der Waals surface area contributed by atoms with Gasteiger partial charge in [-0.15, -0.1) is 17.5 Å². The molecule has 0 bridgehead atoms. The van der Waals surface area contributed by atoms with Gasteiger partial charge in [0, 0.05) is 17.0 Å². The van der Waals surface area contributed by atoms with E-state index < -0.39 is 6.10 Å². The van der Waals surface area contributed by atoms with Crippen LogP contribution in [0.15, 0.2) is 18.2 Å². The first kappa shape index (κ1) is 19.2. The Morgan fingerprint density at radius 1 is 1.29 bits per heavy atom. The molecule has 1 heterocycles. The van der Waals surface area contributed by atoms with E-state index in [0.717, 1.165) is 42.8 Å². The summed E-state index contributed by atoms with van der Waals surface area (Å²) in [6, 6.07) is 6.05. The lowest BCUT2D eigenvalue weighted by Gasteiger charge is -2.25. The first-order valence-corrected chi connectivity index (χ1v) is 8.51. The van der Waals surface area contributed by atoms with Crippen molar-refractivity contribution in [3.05, 3.63) is 40.4 Å². The van der Waals surface area contributed by atoms with Gasteiger partial charge in [-0.25, -0.2) is 9.67 Å². The van der Waals surface area contributed by atoms with Crippen LogP contribution < -0.4 is 5.73 Å². The quantitative estimate of drug-likeness (QED) is 0.863. The van der Waals surface area contributed by atoms with Crippen molar-refractivity contribution >= 4 is 24.0 Å². The van der Waals surface area contributed by atoms with Crippen molar-refractivity contribution in [2.45, 2.75) is 57.6 Å². The van der Waals surface area contributed by atoms with E-state index in [4.69, 9.17) is 17.3 Å². The highest BCUT2D eigenvalue weighted by Gasteiger charge is 2.27. The predicted octanol–water partition coefficient (Wildman–Crippen LogP) is 3.69.